The van der Waals surface area contributed by atoms with Gasteiger partial charge in [0.05, 0.1) is 16.4 Å². The first-order valence-corrected chi connectivity index (χ1v) is 14.4. The summed E-state index contributed by atoms with van der Waals surface area (Å²) in [6, 6.07) is 14.4. The molecule has 9 nitrogen and oxygen atoms in total. The second-order valence-electron chi connectivity index (χ2n) is 9.88. The van der Waals surface area contributed by atoms with Gasteiger partial charge in [-0.05, 0) is 42.5 Å². The quantitative estimate of drug-likeness (QED) is 0.237. The van der Waals surface area contributed by atoms with Crippen LogP contribution in [0.1, 0.15) is 36.8 Å². The summed E-state index contributed by atoms with van der Waals surface area (Å²) in [5.74, 6) is -1.64. The molecule has 0 bridgehead atoms. The first-order chi connectivity index (χ1) is 19.4. The zero-order valence-corrected chi connectivity index (χ0v) is 22.6. The van der Waals surface area contributed by atoms with E-state index in [-0.39, 0.29) is 28.9 Å². The molecular weight excluding hydrogens is 562 g/mol. The fourth-order valence-electron chi connectivity index (χ4n) is 4.35. The van der Waals surface area contributed by atoms with Gasteiger partial charge in [-0.2, -0.15) is 17.9 Å². The summed E-state index contributed by atoms with van der Waals surface area (Å²) in [6.07, 6.45) is -0.771. The summed E-state index contributed by atoms with van der Waals surface area (Å²) in [4.78, 5) is 16.7. The third-order valence-corrected chi connectivity index (χ3v) is 8.27. The second kappa shape index (κ2) is 13.0. The molecule has 1 aliphatic carbocycles. The van der Waals surface area contributed by atoms with Crippen molar-refractivity contribution in [2.24, 2.45) is 5.92 Å². The number of hydrogen-bond donors (Lipinski definition) is 4. The predicted octanol–water partition coefficient (Wildman–Crippen LogP) is 3.47. The van der Waals surface area contributed by atoms with Gasteiger partial charge in [0.1, 0.15) is 11.8 Å². The third-order valence-electron chi connectivity index (χ3n) is 6.80. The Balaban J connectivity index is 1.52. The highest BCUT2D eigenvalue weighted by Crippen LogP contribution is 2.31. The monoisotopic (exact) mass is 591 g/mol. The highest BCUT2D eigenvalue weighted by Gasteiger charge is 2.34. The van der Waals surface area contributed by atoms with E-state index >= 15 is 0 Å². The van der Waals surface area contributed by atoms with Crippen molar-refractivity contribution in [2.75, 3.05) is 0 Å². The number of pyridine rings is 1. The van der Waals surface area contributed by atoms with E-state index in [9.17, 15) is 36.4 Å². The molecule has 1 aromatic heterocycles. The number of carbonyl (C=O) groups is 1. The minimum Gasteiger partial charge on any atom is -0.439 e. The van der Waals surface area contributed by atoms with Crippen LogP contribution in [0.3, 0.4) is 0 Å². The summed E-state index contributed by atoms with van der Waals surface area (Å²) in [5.41, 5.74) is -0.294. The average molecular weight is 591 g/mol. The van der Waals surface area contributed by atoms with Crippen molar-refractivity contribution < 1.29 is 41.2 Å². The Morgan fingerprint density at radius 3 is 2.39 bits per heavy atom. The van der Waals surface area contributed by atoms with Gasteiger partial charge in [0.2, 0.25) is 21.8 Å². The van der Waals surface area contributed by atoms with Gasteiger partial charge in [-0.1, -0.05) is 55.7 Å². The lowest BCUT2D eigenvalue weighted by atomic mass is 9.69. The van der Waals surface area contributed by atoms with Gasteiger partial charge in [-0.15, -0.1) is 0 Å². The topological polar surface area (TPSA) is 138 Å². The van der Waals surface area contributed by atoms with Gasteiger partial charge in [0, 0.05) is 18.3 Å². The molecule has 41 heavy (non-hydrogen) atoms. The molecule has 1 saturated carbocycles. The number of sulfonamides is 1. The molecule has 0 spiro atoms. The molecular formula is C27H29BF3N3O6S. The predicted molar refractivity (Wildman–Crippen MR) is 144 cm³/mol. The van der Waals surface area contributed by atoms with Gasteiger partial charge < -0.3 is 20.1 Å². The van der Waals surface area contributed by atoms with E-state index in [0.29, 0.717) is 18.2 Å². The molecule has 218 valence electrons. The fourth-order valence-corrected chi connectivity index (χ4v) is 5.58. The molecule has 2 atom stereocenters. The lowest BCUT2D eigenvalue weighted by Crippen LogP contribution is -2.55. The molecule has 2 aromatic carbocycles. The third kappa shape index (κ3) is 8.52. The Hall–Kier alpha value is -3.46. The van der Waals surface area contributed by atoms with Crippen LogP contribution in [0, 0.1) is 5.92 Å². The number of alkyl halides is 3. The molecule has 0 saturated heterocycles. The number of carbonyl (C=O) groups excluding carboxylic acids is 1. The normalized spacial score (nSPS) is 15.4. The number of ether oxygens (including phenoxy) is 1. The van der Waals surface area contributed by atoms with Gasteiger partial charge in [0.15, 0.2) is 0 Å². The second-order valence-corrected chi connectivity index (χ2v) is 11.6. The molecule has 4 N–H and O–H groups in total. The SMILES string of the molecule is O=C(N[C@@H](CC1CCC1)B(O)O)[C@H](Cc1ccccc1)NS(=O)(=O)c1cccc(Oc2ccc(C(F)(F)F)cn2)c1. The van der Waals surface area contributed by atoms with E-state index in [4.69, 9.17) is 4.74 Å². The molecule has 1 heterocycles. The minimum atomic E-state index is -4.57. The fraction of sp³-hybridized carbons (Fsp3) is 0.333. The maximum Gasteiger partial charge on any atom is 0.475 e. The molecule has 1 fully saturated rings. The van der Waals surface area contributed by atoms with Crippen LogP contribution in [0.25, 0.3) is 0 Å². The molecule has 3 aromatic rings. The van der Waals surface area contributed by atoms with E-state index in [2.05, 4.69) is 15.0 Å². The van der Waals surface area contributed by atoms with E-state index in [1.807, 2.05) is 0 Å². The van der Waals surface area contributed by atoms with E-state index in [1.54, 1.807) is 30.3 Å². The zero-order chi connectivity index (χ0) is 29.6. The number of nitrogens with one attached hydrogen (secondary N) is 2. The molecule has 0 unspecified atom stereocenters. The van der Waals surface area contributed by atoms with Crippen molar-refractivity contribution in [1.82, 2.24) is 15.0 Å². The van der Waals surface area contributed by atoms with Crippen molar-refractivity contribution in [3.63, 3.8) is 0 Å². The van der Waals surface area contributed by atoms with E-state index < -0.39 is 46.8 Å². The van der Waals surface area contributed by atoms with Crippen LogP contribution in [0.4, 0.5) is 13.2 Å². The Bertz CT molecular complexity index is 1420. The number of rotatable bonds is 12. The number of benzene rings is 2. The minimum absolute atomic E-state index is 0.00633. The maximum atomic E-state index is 13.4. The van der Waals surface area contributed by atoms with Gasteiger partial charge in [-0.3, -0.25) is 4.79 Å². The van der Waals surface area contributed by atoms with Crippen molar-refractivity contribution in [3.05, 3.63) is 84.1 Å². The summed E-state index contributed by atoms with van der Waals surface area (Å²) >= 11 is 0. The van der Waals surface area contributed by atoms with Gasteiger partial charge in [0.25, 0.3) is 0 Å². The molecule has 1 amide bonds. The van der Waals surface area contributed by atoms with Gasteiger partial charge in [-0.25, -0.2) is 13.4 Å². The Labute approximate surface area is 236 Å². The summed E-state index contributed by atoms with van der Waals surface area (Å²) in [7, 11) is -6.14. The number of hydrogen-bond acceptors (Lipinski definition) is 7. The van der Waals surface area contributed by atoms with Crippen molar-refractivity contribution in [2.45, 2.75) is 55.2 Å². The first-order valence-electron chi connectivity index (χ1n) is 12.9. The summed E-state index contributed by atoms with van der Waals surface area (Å²) < 4.78 is 73.0. The van der Waals surface area contributed by atoms with E-state index in [0.717, 1.165) is 37.5 Å². The molecule has 1 aliphatic rings. The number of halogens is 3. The molecule has 14 heteroatoms. The number of aromatic nitrogens is 1. The lowest BCUT2D eigenvalue weighted by Gasteiger charge is -2.30. The highest BCUT2D eigenvalue weighted by molar-refractivity contribution is 7.89. The lowest BCUT2D eigenvalue weighted by molar-refractivity contribution is -0.137. The molecule has 0 aliphatic heterocycles. The zero-order valence-electron chi connectivity index (χ0n) is 21.8. The highest BCUT2D eigenvalue weighted by atomic mass is 32.2. The Morgan fingerprint density at radius 2 is 1.80 bits per heavy atom. The molecule has 4 rings (SSSR count). The first kappa shape index (κ1) is 30.5. The van der Waals surface area contributed by atoms with Crippen LogP contribution >= 0.6 is 0 Å². The van der Waals surface area contributed by atoms with Crippen molar-refractivity contribution >= 4 is 23.0 Å². The largest absolute Gasteiger partial charge is 0.475 e. The van der Waals surface area contributed by atoms with Crippen LogP contribution in [-0.2, 0) is 27.4 Å². The maximum absolute atomic E-state index is 13.4. The van der Waals surface area contributed by atoms with E-state index in [1.165, 1.54) is 18.2 Å². The number of nitrogens with zero attached hydrogens (tertiary/aromatic N) is 1. The van der Waals surface area contributed by atoms with Crippen molar-refractivity contribution in [3.8, 4) is 11.6 Å². The van der Waals surface area contributed by atoms with Gasteiger partial charge >= 0.3 is 13.3 Å². The standard InChI is InChI=1S/C27H29BF3N3O6S/c29-27(30,31)20-12-13-25(32-17-20)40-21-10-5-11-22(16-21)41(38,39)34-23(14-18-6-2-1-3-7-18)26(35)33-24(28(36)37)15-19-8-4-9-19/h1-3,5-7,10-13,16-17,19,23-24,34,36-37H,4,8-9,14-15H2,(H,33,35)/t23-,24-/m0/s1. The van der Waals surface area contributed by atoms with Crippen LogP contribution in [0.2, 0.25) is 0 Å². The average Bonchev–Trinajstić information content (AvgIpc) is 2.90. The number of amides is 1. The van der Waals surface area contributed by atoms with Crippen LogP contribution < -0.4 is 14.8 Å². The summed E-state index contributed by atoms with van der Waals surface area (Å²) in [6.45, 7) is 0. The Morgan fingerprint density at radius 1 is 1.07 bits per heavy atom. The van der Waals surface area contributed by atoms with Crippen LogP contribution in [0.15, 0.2) is 77.8 Å². The smallest absolute Gasteiger partial charge is 0.439 e. The summed E-state index contributed by atoms with van der Waals surface area (Å²) in [5, 5.41) is 22.3. The Kier molecular flexibility index (Phi) is 9.69. The van der Waals surface area contributed by atoms with Crippen LogP contribution in [0.5, 0.6) is 11.6 Å². The van der Waals surface area contributed by atoms with Crippen LogP contribution in [-0.4, -0.2) is 48.5 Å². The molecule has 0 radical (unpaired) electrons. The van der Waals surface area contributed by atoms with Crippen molar-refractivity contribution in [1.29, 1.82) is 0 Å².